The summed E-state index contributed by atoms with van der Waals surface area (Å²) in [6, 6.07) is 26.2. The van der Waals surface area contributed by atoms with Crippen LogP contribution in [0.15, 0.2) is 78.9 Å². The first-order valence-electron chi connectivity index (χ1n) is 13.3. The van der Waals surface area contributed by atoms with Gasteiger partial charge < -0.3 is 25.2 Å². The third kappa shape index (κ3) is 7.42. The third-order valence-electron chi connectivity index (χ3n) is 6.95. The van der Waals surface area contributed by atoms with Crippen LogP contribution in [0.4, 0.5) is 4.79 Å². The largest absolute Gasteiger partial charge is 0.392 e. The number of aliphatic hydroxyl groups excluding tert-OH is 1. The molecule has 0 unspecified atom stereocenters. The monoisotopic (exact) mass is 517 g/mol. The molecule has 4 atom stereocenters. The van der Waals surface area contributed by atoms with E-state index in [1.54, 1.807) is 0 Å². The molecule has 7 heteroatoms. The Labute approximate surface area is 225 Å². The van der Waals surface area contributed by atoms with Crippen LogP contribution in [-0.4, -0.2) is 42.3 Å². The summed E-state index contributed by atoms with van der Waals surface area (Å²) in [5.41, 5.74) is 5.15. The van der Waals surface area contributed by atoms with E-state index in [-0.39, 0.29) is 30.8 Å². The molecule has 1 fully saturated rings. The van der Waals surface area contributed by atoms with Crippen LogP contribution in [0.25, 0.3) is 0 Å². The van der Waals surface area contributed by atoms with Gasteiger partial charge in [0.25, 0.3) is 0 Å². The molecule has 4 rings (SSSR count). The Hall–Kier alpha value is -3.23. The van der Waals surface area contributed by atoms with Gasteiger partial charge in [-0.25, -0.2) is 4.79 Å². The van der Waals surface area contributed by atoms with Gasteiger partial charge in [0.1, 0.15) is 0 Å². The summed E-state index contributed by atoms with van der Waals surface area (Å²) in [5, 5.41) is 15.1. The van der Waals surface area contributed by atoms with Gasteiger partial charge in [-0.1, -0.05) is 85.8 Å². The summed E-state index contributed by atoms with van der Waals surface area (Å²) >= 11 is 0. The first-order valence-corrected chi connectivity index (χ1v) is 13.3. The first-order chi connectivity index (χ1) is 18.5. The number of nitrogens with one attached hydrogen (secondary N) is 2. The van der Waals surface area contributed by atoms with Crippen molar-refractivity contribution in [1.29, 1.82) is 0 Å². The Kier molecular flexibility index (Phi) is 9.90. The fourth-order valence-corrected chi connectivity index (χ4v) is 4.79. The number of carbonyl (C=O) groups excluding carboxylic acids is 1. The maximum Gasteiger partial charge on any atom is 0.315 e. The molecule has 1 heterocycles. The lowest BCUT2D eigenvalue weighted by molar-refractivity contribution is -0.276. The zero-order valence-corrected chi connectivity index (χ0v) is 22.5. The second kappa shape index (κ2) is 13.5. The van der Waals surface area contributed by atoms with Crippen molar-refractivity contribution in [3.05, 3.63) is 107 Å². The number of benzene rings is 3. The molecular weight excluding hydrogens is 478 g/mol. The lowest BCUT2D eigenvalue weighted by Gasteiger charge is -2.42. The third-order valence-corrected chi connectivity index (χ3v) is 6.95. The van der Waals surface area contributed by atoms with Gasteiger partial charge in [-0.3, -0.25) is 4.90 Å². The molecule has 7 nitrogen and oxygen atoms in total. The van der Waals surface area contributed by atoms with Gasteiger partial charge in [-0.15, -0.1) is 0 Å². The van der Waals surface area contributed by atoms with Crippen molar-refractivity contribution >= 4 is 6.03 Å². The molecule has 3 N–H and O–H groups in total. The average Bonchev–Trinajstić information content (AvgIpc) is 2.94. The van der Waals surface area contributed by atoms with E-state index >= 15 is 0 Å². The molecular formula is C31H39N3O4. The molecule has 0 bridgehead atoms. The Morgan fingerprint density at radius 1 is 0.868 bits per heavy atom. The zero-order chi connectivity index (χ0) is 26.9. The second-order valence-corrected chi connectivity index (χ2v) is 9.96. The molecule has 1 saturated heterocycles. The minimum atomic E-state index is -0.519. The van der Waals surface area contributed by atoms with E-state index < -0.39 is 6.29 Å². The highest BCUT2D eigenvalue weighted by molar-refractivity contribution is 5.73. The van der Waals surface area contributed by atoms with Gasteiger partial charge in [0.2, 0.25) is 0 Å². The fraction of sp³-hybridized carbons (Fsp3) is 0.387. The van der Waals surface area contributed by atoms with Crippen molar-refractivity contribution in [1.82, 2.24) is 15.5 Å². The molecule has 0 aliphatic carbocycles. The van der Waals surface area contributed by atoms with Crippen LogP contribution in [0.5, 0.6) is 0 Å². The number of carbonyl (C=O) groups is 1. The minimum Gasteiger partial charge on any atom is -0.392 e. The van der Waals surface area contributed by atoms with Crippen LogP contribution in [0.1, 0.15) is 54.1 Å². The number of amides is 2. The van der Waals surface area contributed by atoms with E-state index in [0.29, 0.717) is 13.1 Å². The maximum absolute atomic E-state index is 11.7. The van der Waals surface area contributed by atoms with Gasteiger partial charge in [-0.2, -0.15) is 0 Å². The van der Waals surface area contributed by atoms with Gasteiger partial charge in [-0.05, 0) is 36.2 Å². The van der Waals surface area contributed by atoms with Crippen molar-refractivity contribution < 1.29 is 19.4 Å². The molecule has 3 aromatic carbocycles. The Bertz CT molecular complexity index is 1140. The van der Waals surface area contributed by atoms with Crippen molar-refractivity contribution in [2.45, 2.75) is 52.0 Å². The van der Waals surface area contributed by atoms with E-state index in [9.17, 15) is 9.90 Å². The minimum absolute atomic E-state index is 0.0152. The topological polar surface area (TPSA) is 83.1 Å². The number of hydrogen-bond donors (Lipinski definition) is 3. The number of hydrogen-bond acceptors (Lipinski definition) is 5. The van der Waals surface area contributed by atoms with E-state index in [4.69, 9.17) is 9.47 Å². The smallest absolute Gasteiger partial charge is 0.315 e. The first kappa shape index (κ1) is 27.8. The van der Waals surface area contributed by atoms with Crippen LogP contribution in [0, 0.1) is 5.92 Å². The number of aliphatic hydroxyl groups is 1. The van der Waals surface area contributed by atoms with Crippen molar-refractivity contribution in [2.24, 2.45) is 5.92 Å². The van der Waals surface area contributed by atoms with Crippen LogP contribution >= 0.6 is 0 Å². The SMILES string of the molecule is CCNC(=O)NCc1ccc([C@@H]2O[C@H](CN(C)Cc3ccccc3)[C@H](C)[C@H](c3ccc(CO)cc3)O2)cc1. The highest BCUT2D eigenvalue weighted by atomic mass is 16.7. The van der Waals surface area contributed by atoms with Crippen LogP contribution in [0.3, 0.4) is 0 Å². The second-order valence-electron chi connectivity index (χ2n) is 9.96. The summed E-state index contributed by atoms with van der Waals surface area (Å²) in [6.07, 6.45) is -0.728. The molecule has 0 radical (unpaired) electrons. The molecule has 38 heavy (non-hydrogen) atoms. The molecule has 1 aliphatic rings. The summed E-state index contributed by atoms with van der Waals surface area (Å²) < 4.78 is 13.1. The number of nitrogens with zero attached hydrogens (tertiary/aromatic N) is 1. The number of likely N-dealkylation sites (N-methyl/N-ethyl adjacent to an activating group) is 1. The predicted molar refractivity (Wildman–Crippen MR) is 148 cm³/mol. The quantitative estimate of drug-likeness (QED) is 0.356. The lowest BCUT2D eigenvalue weighted by Crippen LogP contribution is -2.43. The van der Waals surface area contributed by atoms with Gasteiger partial charge in [0.15, 0.2) is 6.29 Å². The highest BCUT2D eigenvalue weighted by Gasteiger charge is 2.38. The normalized spacial score (nSPS) is 21.3. The van der Waals surface area contributed by atoms with Crippen LogP contribution in [-0.2, 0) is 29.2 Å². The van der Waals surface area contributed by atoms with E-state index in [1.165, 1.54) is 5.56 Å². The van der Waals surface area contributed by atoms with Gasteiger partial charge in [0, 0.05) is 37.7 Å². The predicted octanol–water partition coefficient (Wildman–Crippen LogP) is 4.92. The Morgan fingerprint density at radius 3 is 2.18 bits per heavy atom. The van der Waals surface area contributed by atoms with E-state index in [1.807, 2.05) is 61.5 Å². The van der Waals surface area contributed by atoms with Gasteiger partial charge in [0.05, 0.1) is 18.8 Å². The molecule has 0 saturated carbocycles. The van der Waals surface area contributed by atoms with Crippen molar-refractivity contribution in [3.8, 4) is 0 Å². The summed E-state index contributed by atoms with van der Waals surface area (Å²) in [7, 11) is 2.12. The van der Waals surface area contributed by atoms with Gasteiger partial charge >= 0.3 is 6.03 Å². The van der Waals surface area contributed by atoms with Crippen molar-refractivity contribution in [2.75, 3.05) is 20.1 Å². The van der Waals surface area contributed by atoms with Crippen LogP contribution in [0.2, 0.25) is 0 Å². The Balaban J connectivity index is 1.50. The standard InChI is InChI=1S/C31H39N3O4/c1-4-32-31(36)33-18-23-10-16-27(17-11-23)30-37-28(20-34(3)19-24-8-6-5-7-9-24)22(2)29(38-30)26-14-12-25(21-35)13-15-26/h5-17,22,28-30,35H,4,18-21H2,1-3H3,(H2,32,33,36)/t22-,28+,29+,30+/m0/s1. The number of ether oxygens (including phenoxy) is 2. The molecule has 0 spiro atoms. The average molecular weight is 518 g/mol. The fourth-order valence-electron chi connectivity index (χ4n) is 4.79. The summed E-state index contributed by atoms with van der Waals surface area (Å²) in [4.78, 5) is 14.0. The highest BCUT2D eigenvalue weighted by Crippen LogP contribution is 2.41. The lowest BCUT2D eigenvalue weighted by atomic mass is 9.90. The van der Waals surface area contributed by atoms with Crippen LogP contribution < -0.4 is 10.6 Å². The molecule has 2 amide bonds. The zero-order valence-electron chi connectivity index (χ0n) is 22.5. The number of rotatable bonds is 10. The molecule has 202 valence electrons. The molecule has 0 aromatic heterocycles. The van der Waals surface area contributed by atoms with E-state index in [0.717, 1.165) is 35.3 Å². The molecule has 1 aliphatic heterocycles. The van der Waals surface area contributed by atoms with E-state index in [2.05, 4.69) is 53.8 Å². The number of urea groups is 1. The summed E-state index contributed by atoms with van der Waals surface area (Å²) in [5.74, 6) is 0.116. The summed E-state index contributed by atoms with van der Waals surface area (Å²) in [6.45, 7) is 6.71. The maximum atomic E-state index is 11.7. The molecule has 3 aromatic rings. The van der Waals surface area contributed by atoms with Crippen molar-refractivity contribution in [3.63, 3.8) is 0 Å². The Morgan fingerprint density at radius 2 is 1.53 bits per heavy atom.